The molecule has 1 saturated heterocycles. The predicted octanol–water partition coefficient (Wildman–Crippen LogP) is -0.381. The van der Waals surface area contributed by atoms with Crippen molar-refractivity contribution in [2.24, 2.45) is 0 Å². The van der Waals surface area contributed by atoms with Gasteiger partial charge in [0.15, 0.2) is 11.5 Å². The molecule has 1 fully saturated rings. The molecule has 1 atom stereocenters. The third-order valence-corrected chi connectivity index (χ3v) is 3.92. The number of nitrogens with one attached hydrogen (secondary N) is 1. The molecule has 3 rings (SSSR count). The Kier molecular flexibility index (Phi) is 3.70. The number of imidazole rings is 1. The second-order valence-electron chi connectivity index (χ2n) is 5.27. The van der Waals surface area contributed by atoms with E-state index in [1.165, 1.54) is 6.33 Å². The van der Waals surface area contributed by atoms with Gasteiger partial charge in [-0.05, 0) is 19.9 Å². The van der Waals surface area contributed by atoms with Crippen LogP contribution in [0.4, 0.5) is 5.82 Å². The third-order valence-electron chi connectivity index (χ3n) is 3.92. The van der Waals surface area contributed by atoms with Crippen molar-refractivity contribution >= 4 is 22.9 Å². The molecule has 112 valence electrons. The predicted molar refractivity (Wildman–Crippen MR) is 78.4 cm³/mol. The van der Waals surface area contributed by atoms with E-state index in [1.54, 1.807) is 10.9 Å². The second-order valence-corrected chi connectivity index (χ2v) is 5.27. The smallest absolute Gasteiger partial charge is 0.242 e. The maximum absolute atomic E-state index is 12.4. The Hall–Kier alpha value is -2.22. The molecule has 1 unspecified atom stereocenters. The van der Waals surface area contributed by atoms with Gasteiger partial charge < -0.3 is 20.5 Å². The first-order valence-corrected chi connectivity index (χ1v) is 7.05. The van der Waals surface area contributed by atoms with Crippen LogP contribution in [-0.4, -0.2) is 56.5 Å². The molecule has 0 saturated carbocycles. The van der Waals surface area contributed by atoms with E-state index in [2.05, 4.69) is 20.3 Å². The lowest BCUT2D eigenvalue weighted by molar-refractivity contribution is -0.133. The number of hydrogen-bond donors (Lipinski definition) is 2. The van der Waals surface area contributed by atoms with Crippen LogP contribution in [0.1, 0.15) is 12.8 Å². The fourth-order valence-electron chi connectivity index (χ4n) is 2.70. The number of piperidine rings is 1. The van der Waals surface area contributed by atoms with Crippen LogP contribution < -0.4 is 11.1 Å². The van der Waals surface area contributed by atoms with Crippen molar-refractivity contribution in [3.05, 3.63) is 12.7 Å². The number of hydrogen-bond acceptors (Lipinski definition) is 6. The molecule has 1 amide bonds. The highest BCUT2D eigenvalue weighted by Gasteiger charge is 2.23. The molecule has 21 heavy (non-hydrogen) atoms. The van der Waals surface area contributed by atoms with Crippen LogP contribution in [0.25, 0.3) is 11.2 Å². The van der Waals surface area contributed by atoms with Gasteiger partial charge in [0, 0.05) is 19.1 Å². The highest BCUT2D eigenvalue weighted by atomic mass is 16.2. The maximum Gasteiger partial charge on any atom is 0.242 e. The second kappa shape index (κ2) is 5.65. The fraction of sp³-hybridized carbons (Fsp3) is 0.538. The molecule has 3 heterocycles. The molecule has 1 aliphatic heterocycles. The van der Waals surface area contributed by atoms with Crippen LogP contribution in [0, 0.1) is 0 Å². The third kappa shape index (κ3) is 2.66. The van der Waals surface area contributed by atoms with Crippen molar-refractivity contribution in [3.8, 4) is 0 Å². The average molecular weight is 289 g/mol. The molecule has 2 aromatic heterocycles. The fourth-order valence-corrected chi connectivity index (χ4v) is 2.70. The molecule has 8 nitrogen and oxygen atoms in total. The number of rotatable bonds is 3. The van der Waals surface area contributed by atoms with Crippen molar-refractivity contribution in [1.82, 2.24) is 29.7 Å². The molecule has 0 bridgehead atoms. The summed E-state index contributed by atoms with van der Waals surface area (Å²) in [5.41, 5.74) is 6.88. The number of amides is 1. The average Bonchev–Trinajstić information content (AvgIpc) is 2.92. The van der Waals surface area contributed by atoms with E-state index in [1.807, 2.05) is 11.9 Å². The number of likely N-dealkylation sites (tertiary alicyclic amines) is 1. The SMILES string of the molecule is CNC1CCCN(C(=O)Cn2cnc3c(N)ncnc32)C1. The molecule has 0 aliphatic carbocycles. The summed E-state index contributed by atoms with van der Waals surface area (Å²) in [4.78, 5) is 26.6. The Labute approximate surface area is 122 Å². The number of fused-ring (bicyclic) bond motifs is 1. The zero-order valence-corrected chi connectivity index (χ0v) is 12.0. The standard InChI is InChI=1S/C13H19N7O/c1-15-9-3-2-4-19(5-9)10(21)6-20-8-18-11-12(14)16-7-17-13(11)20/h7-9,15H,2-6H2,1H3,(H2,14,16,17). The summed E-state index contributed by atoms with van der Waals surface area (Å²) in [7, 11) is 1.93. The van der Waals surface area contributed by atoms with Gasteiger partial charge in [0.25, 0.3) is 0 Å². The van der Waals surface area contributed by atoms with Crippen molar-refractivity contribution in [1.29, 1.82) is 0 Å². The highest BCUT2D eigenvalue weighted by Crippen LogP contribution is 2.15. The van der Waals surface area contributed by atoms with E-state index in [-0.39, 0.29) is 12.5 Å². The number of nitrogen functional groups attached to an aromatic ring is 1. The number of aromatic nitrogens is 4. The van der Waals surface area contributed by atoms with Crippen LogP contribution in [0.5, 0.6) is 0 Å². The minimum absolute atomic E-state index is 0.0754. The van der Waals surface area contributed by atoms with E-state index in [4.69, 9.17) is 5.73 Å². The Morgan fingerprint density at radius 2 is 2.33 bits per heavy atom. The Morgan fingerprint density at radius 1 is 1.48 bits per heavy atom. The monoisotopic (exact) mass is 289 g/mol. The summed E-state index contributed by atoms with van der Waals surface area (Å²) in [6.07, 6.45) is 5.11. The molecular weight excluding hydrogens is 270 g/mol. The van der Waals surface area contributed by atoms with Crippen LogP contribution in [0.3, 0.4) is 0 Å². The van der Waals surface area contributed by atoms with E-state index < -0.39 is 0 Å². The van der Waals surface area contributed by atoms with Crippen LogP contribution >= 0.6 is 0 Å². The first-order valence-electron chi connectivity index (χ1n) is 7.05. The zero-order valence-electron chi connectivity index (χ0n) is 12.0. The van der Waals surface area contributed by atoms with Gasteiger partial charge >= 0.3 is 0 Å². The number of carbonyl (C=O) groups is 1. The summed E-state index contributed by atoms with van der Waals surface area (Å²) in [6, 6.07) is 0.375. The van der Waals surface area contributed by atoms with Gasteiger partial charge in [-0.15, -0.1) is 0 Å². The highest BCUT2D eigenvalue weighted by molar-refractivity contribution is 5.83. The van der Waals surface area contributed by atoms with Crippen LogP contribution in [-0.2, 0) is 11.3 Å². The van der Waals surface area contributed by atoms with Gasteiger partial charge in [-0.25, -0.2) is 15.0 Å². The Morgan fingerprint density at radius 3 is 3.14 bits per heavy atom. The van der Waals surface area contributed by atoms with Crippen LogP contribution in [0.15, 0.2) is 12.7 Å². The lowest BCUT2D eigenvalue weighted by Crippen LogP contribution is -2.47. The number of likely N-dealkylation sites (N-methyl/N-ethyl adjacent to an activating group) is 1. The molecular formula is C13H19N7O. The van der Waals surface area contributed by atoms with Gasteiger partial charge in [0.1, 0.15) is 18.4 Å². The van der Waals surface area contributed by atoms with Gasteiger partial charge in [-0.1, -0.05) is 0 Å². The number of carbonyl (C=O) groups excluding carboxylic acids is 1. The van der Waals surface area contributed by atoms with Gasteiger partial charge in [-0.3, -0.25) is 4.79 Å². The first-order chi connectivity index (χ1) is 10.2. The quantitative estimate of drug-likeness (QED) is 0.798. The number of anilines is 1. The van der Waals surface area contributed by atoms with Crippen molar-refractivity contribution < 1.29 is 4.79 Å². The summed E-state index contributed by atoms with van der Waals surface area (Å²) in [5, 5.41) is 3.23. The minimum atomic E-state index is 0.0754. The largest absolute Gasteiger partial charge is 0.382 e. The normalized spacial score (nSPS) is 19.1. The number of nitrogens with zero attached hydrogens (tertiary/aromatic N) is 5. The van der Waals surface area contributed by atoms with Crippen molar-refractivity contribution in [2.45, 2.75) is 25.4 Å². The van der Waals surface area contributed by atoms with E-state index >= 15 is 0 Å². The molecule has 3 N–H and O–H groups in total. The first kappa shape index (κ1) is 13.7. The van der Waals surface area contributed by atoms with Gasteiger partial charge in [-0.2, -0.15) is 0 Å². The van der Waals surface area contributed by atoms with E-state index in [0.717, 1.165) is 25.9 Å². The maximum atomic E-state index is 12.4. The molecule has 2 aromatic rings. The topological polar surface area (TPSA) is 102 Å². The molecule has 1 aliphatic rings. The summed E-state index contributed by atoms with van der Waals surface area (Å²) in [6.45, 7) is 1.78. The molecule has 0 radical (unpaired) electrons. The zero-order chi connectivity index (χ0) is 14.8. The Bertz CT molecular complexity index is 653. The van der Waals surface area contributed by atoms with Crippen molar-refractivity contribution in [3.63, 3.8) is 0 Å². The van der Waals surface area contributed by atoms with Gasteiger partial charge in [0.2, 0.25) is 5.91 Å². The van der Waals surface area contributed by atoms with Crippen LogP contribution in [0.2, 0.25) is 0 Å². The molecule has 8 heteroatoms. The number of nitrogens with two attached hydrogens (primary N) is 1. The summed E-state index contributed by atoms with van der Waals surface area (Å²) >= 11 is 0. The van der Waals surface area contributed by atoms with Crippen molar-refractivity contribution in [2.75, 3.05) is 25.9 Å². The molecule has 0 aromatic carbocycles. The van der Waals surface area contributed by atoms with Gasteiger partial charge in [0.05, 0.1) is 6.33 Å². The lowest BCUT2D eigenvalue weighted by atomic mass is 10.1. The summed E-state index contributed by atoms with van der Waals surface area (Å²) < 4.78 is 1.72. The van der Waals surface area contributed by atoms with E-state index in [0.29, 0.717) is 23.0 Å². The minimum Gasteiger partial charge on any atom is -0.382 e. The lowest BCUT2D eigenvalue weighted by Gasteiger charge is -2.32. The summed E-state index contributed by atoms with van der Waals surface area (Å²) in [5.74, 6) is 0.408. The van der Waals surface area contributed by atoms with E-state index in [9.17, 15) is 4.79 Å². The Balaban J connectivity index is 1.76. The molecule has 0 spiro atoms.